The van der Waals surface area contributed by atoms with E-state index < -0.39 is 0 Å². The van der Waals surface area contributed by atoms with Gasteiger partial charge in [-0.15, -0.1) is 11.3 Å². The van der Waals surface area contributed by atoms with Crippen LogP contribution in [0.3, 0.4) is 0 Å². The molecule has 2 aliphatic rings. The zero-order chi connectivity index (χ0) is 20.3. The largest absolute Gasteiger partial charge is 0.370 e. The molecular weight excluding hydrogens is 399 g/mol. The molecule has 5 nitrogen and oxygen atoms in total. The summed E-state index contributed by atoms with van der Waals surface area (Å²) in [7, 11) is 0. The topological polar surface area (TPSA) is 51.5 Å². The number of anilines is 1. The van der Waals surface area contributed by atoms with Crippen molar-refractivity contribution in [2.75, 3.05) is 38.2 Å². The molecule has 1 aliphatic heterocycles. The van der Waals surface area contributed by atoms with Gasteiger partial charge >= 0.3 is 0 Å². The van der Waals surface area contributed by atoms with E-state index in [0.29, 0.717) is 0 Å². The zero-order valence-electron chi connectivity index (χ0n) is 17.1. The van der Waals surface area contributed by atoms with E-state index in [2.05, 4.69) is 15.3 Å². The molecule has 7 heteroatoms. The first-order valence-electron chi connectivity index (χ1n) is 11.0. The van der Waals surface area contributed by atoms with E-state index in [9.17, 15) is 4.39 Å². The molecule has 3 aromatic rings. The molecule has 0 spiro atoms. The maximum Gasteiger partial charge on any atom is 0.138 e. The Morgan fingerprint density at radius 1 is 1.07 bits per heavy atom. The summed E-state index contributed by atoms with van der Waals surface area (Å²) >= 11 is 1.83. The fourth-order valence-electron chi connectivity index (χ4n) is 4.77. The maximum absolute atomic E-state index is 13.5. The number of aryl methyl sites for hydroxylation is 2. The summed E-state index contributed by atoms with van der Waals surface area (Å²) in [4.78, 5) is 13.2. The van der Waals surface area contributed by atoms with Crippen molar-refractivity contribution < 1.29 is 14.0 Å². The first-order valence-corrected chi connectivity index (χ1v) is 11.8. The molecule has 0 saturated carbocycles. The summed E-state index contributed by atoms with van der Waals surface area (Å²) in [5.41, 5.74) is 2.60. The number of halogens is 1. The second kappa shape index (κ2) is 8.96. The minimum Gasteiger partial charge on any atom is -0.370 e. The lowest BCUT2D eigenvalue weighted by atomic mass is 10.0. The monoisotopic (exact) mass is 427 g/mol. The summed E-state index contributed by atoms with van der Waals surface area (Å²) in [6.07, 6.45) is 7.76. The molecule has 1 saturated heterocycles. The highest BCUT2D eigenvalue weighted by molar-refractivity contribution is 7.18. The van der Waals surface area contributed by atoms with Crippen molar-refractivity contribution in [2.45, 2.75) is 38.1 Å². The van der Waals surface area contributed by atoms with Gasteiger partial charge < -0.3 is 15.0 Å². The number of nitrogens with one attached hydrogen (secondary N) is 2. The Hall–Kier alpha value is -2.09. The molecule has 2 N–H and O–H groups in total. The van der Waals surface area contributed by atoms with Gasteiger partial charge in [-0.2, -0.15) is 0 Å². The standard InChI is InChI=1S/C23H27FN4OS/c24-17-8-6-16(7-9-17)19(28-10-12-29-13-11-28)14-25-22-21-18-4-2-1-3-5-20(18)30-23(21)27-15-26-22/h6-9,15,19H,1-5,10-14H2,(H,25,26,27)/p+1/t19-/m0/s1. The van der Waals surface area contributed by atoms with Crippen LogP contribution in [0.1, 0.15) is 41.3 Å². The van der Waals surface area contributed by atoms with Gasteiger partial charge in [-0.25, -0.2) is 14.4 Å². The van der Waals surface area contributed by atoms with Gasteiger partial charge in [-0.05, 0) is 43.4 Å². The summed E-state index contributed by atoms with van der Waals surface area (Å²) in [5, 5.41) is 4.87. The first kappa shape index (κ1) is 19.8. The van der Waals surface area contributed by atoms with Crippen LogP contribution in [0, 0.1) is 5.82 Å². The summed E-state index contributed by atoms with van der Waals surface area (Å²) in [6.45, 7) is 4.19. The maximum atomic E-state index is 13.5. The molecular formula is C23H28FN4OS+. The lowest BCUT2D eigenvalue weighted by Gasteiger charge is -2.32. The van der Waals surface area contributed by atoms with Crippen LogP contribution < -0.4 is 10.2 Å². The summed E-state index contributed by atoms with van der Waals surface area (Å²) < 4.78 is 19.1. The van der Waals surface area contributed by atoms with Crippen LogP contribution in [0.25, 0.3) is 10.2 Å². The number of morpholine rings is 1. The number of benzene rings is 1. The van der Waals surface area contributed by atoms with E-state index in [1.807, 2.05) is 23.5 Å². The number of quaternary nitrogens is 1. The van der Waals surface area contributed by atoms with Crippen molar-refractivity contribution in [3.05, 3.63) is 52.4 Å². The average molecular weight is 428 g/mol. The highest BCUT2D eigenvalue weighted by Gasteiger charge is 2.27. The lowest BCUT2D eigenvalue weighted by molar-refractivity contribution is -0.937. The predicted octanol–water partition coefficient (Wildman–Crippen LogP) is 3.17. The molecule has 0 unspecified atom stereocenters. The quantitative estimate of drug-likeness (QED) is 0.614. The number of nitrogens with zero attached hydrogens (tertiary/aromatic N) is 2. The third-order valence-electron chi connectivity index (χ3n) is 6.38. The van der Waals surface area contributed by atoms with Crippen LogP contribution in [-0.4, -0.2) is 42.8 Å². The summed E-state index contributed by atoms with van der Waals surface area (Å²) in [5.74, 6) is 0.750. The van der Waals surface area contributed by atoms with E-state index >= 15 is 0 Å². The van der Waals surface area contributed by atoms with Gasteiger partial charge in [0.15, 0.2) is 0 Å². The van der Waals surface area contributed by atoms with Gasteiger partial charge in [0.25, 0.3) is 0 Å². The number of aromatic nitrogens is 2. The summed E-state index contributed by atoms with van der Waals surface area (Å²) in [6, 6.07) is 7.16. The van der Waals surface area contributed by atoms with E-state index in [-0.39, 0.29) is 11.9 Å². The number of fused-ring (bicyclic) bond motifs is 3. The number of rotatable bonds is 5. The van der Waals surface area contributed by atoms with E-state index in [1.165, 1.54) is 40.0 Å². The normalized spacial score (nSPS) is 18.7. The molecule has 1 aliphatic carbocycles. The zero-order valence-corrected chi connectivity index (χ0v) is 17.9. The third kappa shape index (κ3) is 4.06. The molecule has 2 aromatic heterocycles. The third-order valence-corrected chi connectivity index (χ3v) is 7.57. The highest BCUT2D eigenvalue weighted by atomic mass is 32.1. The lowest BCUT2D eigenvalue weighted by Crippen LogP contribution is -3.14. The molecule has 1 atom stereocenters. The molecule has 30 heavy (non-hydrogen) atoms. The van der Waals surface area contributed by atoms with Crippen molar-refractivity contribution in [1.82, 2.24) is 9.97 Å². The van der Waals surface area contributed by atoms with Gasteiger partial charge in [0.1, 0.15) is 41.9 Å². The molecule has 1 aromatic carbocycles. The van der Waals surface area contributed by atoms with Crippen LogP contribution in [0.5, 0.6) is 0 Å². The van der Waals surface area contributed by atoms with E-state index in [1.54, 1.807) is 18.5 Å². The molecule has 3 heterocycles. The van der Waals surface area contributed by atoms with Crippen LogP contribution in [0.15, 0.2) is 30.6 Å². The van der Waals surface area contributed by atoms with Crippen molar-refractivity contribution in [3.63, 3.8) is 0 Å². The van der Waals surface area contributed by atoms with Gasteiger partial charge in [0.05, 0.1) is 25.1 Å². The molecule has 0 radical (unpaired) electrons. The highest BCUT2D eigenvalue weighted by Crippen LogP contribution is 2.37. The Morgan fingerprint density at radius 3 is 2.70 bits per heavy atom. The molecule has 5 rings (SSSR count). The predicted molar refractivity (Wildman–Crippen MR) is 118 cm³/mol. The Morgan fingerprint density at radius 2 is 1.87 bits per heavy atom. The van der Waals surface area contributed by atoms with Crippen LogP contribution in [0.2, 0.25) is 0 Å². The first-order chi connectivity index (χ1) is 14.8. The fraction of sp³-hybridized carbons (Fsp3) is 0.478. The van der Waals surface area contributed by atoms with Gasteiger partial charge in [-0.3, -0.25) is 0 Å². The Labute approximate surface area is 180 Å². The van der Waals surface area contributed by atoms with Crippen LogP contribution in [0.4, 0.5) is 10.2 Å². The van der Waals surface area contributed by atoms with Crippen molar-refractivity contribution in [1.29, 1.82) is 0 Å². The van der Waals surface area contributed by atoms with Crippen LogP contribution >= 0.6 is 11.3 Å². The van der Waals surface area contributed by atoms with Crippen molar-refractivity contribution >= 4 is 27.4 Å². The molecule has 1 fully saturated rings. The Balaban J connectivity index is 1.44. The van der Waals surface area contributed by atoms with Gasteiger partial charge in [-0.1, -0.05) is 18.6 Å². The van der Waals surface area contributed by atoms with Crippen molar-refractivity contribution in [3.8, 4) is 0 Å². The number of hydrogen-bond acceptors (Lipinski definition) is 5. The van der Waals surface area contributed by atoms with E-state index in [0.717, 1.165) is 61.9 Å². The number of hydrogen-bond donors (Lipinski definition) is 2. The minimum atomic E-state index is -0.194. The SMILES string of the molecule is Fc1ccc([C@H](CNc2ncnc3sc4c(c23)CCCCC4)[NH+]2CCOCC2)cc1. The molecule has 0 bridgehead atoms. The average Bonchev–Trinajstić information content (AvgIpc) is 2.98. The molecule has 0 amide bonds. The van der Waals surface area contributed by atoms with Gasteiger partial charge in [0, 0.05) is 10.4 Å². The number of ether oxygens (including phenoxy) is 1. The van der Waals surface area contributed by atoms with Crippen molar-refractivity contribution in [2.24, 2.45) is 0 Å². The van der Waals surface area contributed by atoms with Crippen LogP contribution in [-0.2, 0) is 17.6 Å². The van der Waals surface area contributed by atoms with E-state index in [4.69, 9.17) is 4.74 Å². The van der Waals surface area contributed by atoms with Gasteiger partial charge in [0.2, 0.25) is 0 Å². The number of thiophene rings is 1. The molecule has 158 valence electrons. The smallest absolute Gasteiger partial charge is 0.138 e. The second-order valence-corrected chi connectivity index (χ2v) is 9.31. The fourth-order valence-corrected chi connectivity index (χ4v) is 6.00. The minimum absolute atomic E-state index is 0.194. The second-order valence-electron chi connectivity index (χ2n) is 8.22. The Kier molecular flexibility index (Phi) is 5.93. The Bertz CT molecular complexity index is 1000.